The van der Waals surface area contributed by atoms with Gasteiger partial charge in [-0.1, -0.05) is 49.4 Å². The van der Waals surface area contributed by atoms with Gasteiger partial charge in [0.2, 0.25) is 0 Å². The highest BCUT2D eigenvalue weighted by Gasteiger charge is 2.27. The molecule has 0 radical (unpaired) electrons. The molecular formula is C36H36N2O5S. The van der Waals surface area contributed by atoms with E-state index in [9.17, 15) is 9.59 Å². The number of anilines is 1. The molecule has 226 valence electrons. The third-order valence-electron chi connectivity index (χ3n) is 6.88. The average Bonchev–Trinajstić information content (AvgIpc) is 3.35. The molecule has 0 atom stereocenters. The van der Waals surface area contributed by atoms with Crippen molar-refractivity contribution in [1.29, 1.82) is 0 Å². The van der Waals surface area contributed by atoms with E-state index in [4.69, 9.17) is 19.2 Å². The van der Waals surface area contributed by atoms with Gasteiger partial charge in [0, 0.05) is 21.4 Å². The van der Waals surface area contributed by atoms with E-state index in [1.165, 1.54) is 11.3 Å². The number of esters is 1. The molecule has 44 heavy (non-hydrogen) atoms. The molecule has 5 aromatic rings. The Hall–Kier alpha value is -4.69. The van der Waals surface area contributed by atoms with Crippen LogP contribution < -0.4 is 14.8 Å². The topological polar surface area (TPSA) is 86.8 Å². The van der Waals surface area contributed by atoms with E-state index in [-0.39, 0.29) is 12.0 Å². The number of pyridine rings is 1. The smallest absolute Gasteiger partial charge is 0.342 e. The predicted molar refractivity (Wildman–Crippen MR) is 177 cm³/mol. The van der Waals surface area contributed by atoms with Crippen LogP contribution in [-0.4, -0.2) is 36.2 Å². The first-order chi connectivity index (χ1) is 21.3. The Kier molecular flexibility index (Phi) is 9.60. The highest BCUT2D eigenvalue weighted by molar-refractivity contribution is 7.17. The van der Waals surface area contributed by atoms with E-state index in [2.05, 4.69) is 12.2 Å². The molecule has 0 aliphatic heterocycles. The lowest BCUT2D eigenvalue weighted by molar-refractivity contribution is 0.0380. The van der Waals surface area contributed by atoms with E-state index in [1.54, 1.807) is 19.9 Å². The van der Waals surface area contributed by atoms with Gasteiger partial charge in [0.05, 0.1) is 36.1 Å². The van der Waals surface area contributed by atoms with Crippen LogP contribution in [0.2, 0.25) is 0 Å². The average molecular weight is 609 g/mol. The van der Waals surface area contributed by atoms with Gasteiger partial charge in [-0.15, -0.1) is 11.3 Å². The van der Waals surface area contributed by atoms with Gasteiger partial charge in [0.15, 0.2) is 0 Å². The molecule has 0 spiro atoms. The third-order valence-corrected chi connectivity index (χ3v) is 7.90. The number of aryl methyl sites for hydroxylation is 1. The third kappa shape index (κ3) is 6.76. The molecule has 0 bridgehead atoms. The second kappa shape index (κ2) is 13.7. The predicted octanol–water partition coefficient (Wildman–Crippen LogP) is 8.94. The Morgan fingerprint density at radius 2 is 1.66 bits per heavy atom. The first kappa shape index (κ1) is 30.8. The zero-order valence-electron chi connectivity index (χ0n) is 25.6. The van der Waals surface area contributed by atoms with Gasteiger partial charge in [0.25, 0.3) is 5.91 Å². The summed E-state index contributed by atoms with van der Waals surface area (Å²) in [5.41, 5.74) is 4.51. The van der Waals surface area contributed by atoms with Crippen molar-refractivity contribution in [2.75, 3.05) is 18.5 Å². The number of amides is 1. The van der Waals surface area contributed by atoms with Crippen molar-refractivity contribution in [3.05, 3.63) is 94.9 Å². The molecule has 5 rings (SSSR count). The maximum atomic E-state index is 14.1. The van der Waals surface area contributed by atoms with Crippen molar-refractivity contribution in [1.82, 2.24) is 4.98 Å². The minimum absolute atomic E-state index is 0.330. The number of hydrogen-bond donors (Lipinski definition) is 1. The molecule has 0 aliphatic rings. The molecule has 0 fully saturated rings. The largest absolute Gasteiger partial charge is 0.494 e. The van der Waals surface area contributed by atoms with Gasteiger partial charge in [0.1, 0.15) is 22.1 Å². The molecule has 0 saturated carbocycles. The van der Waals surface area contributed by atoms with Crippen molar-refractivity contribution >= 4 is 39.1 Å². The molecule has 0 saturated heterocycles. The standard InChI is InChI=1S/C36H36N2O5S/c1-6-19-42-27-12-10-11-25(20-27)31-21-29(28-13-8-9-14-30(28)37-31)34(39)38-35-33(36(40)43-22(3)4)32(23(5)44-35)24-15-17-26(18-16-24)41-7-2/h8-18,20-22H,6-7,19H2,1-5H3,(H,38,39). The summed E-state index contributed by atoms with van der Waals surface area (Å²) >= 11 is 1.35. The molecule has 2 heterocycles. The van der Waals surface area contributed by atoms with Crippen molar-refractivity contribution in [3.63, 3.8) is 0 Å². The van der Waals surface area contributed by atoms with Gasteiger partial charge in [-0.05, 0) is 76.1 Å². The molecular weight excluding hydrogens is 572 g/mol. The van der Waals surface area contributed by atoms with Crippen LogP contribution in [0.25, 0.3) is 33.3 Å². The van der Waals surface area contributed by atoms with Gasteiger partial charge in [-0.2, -0.15) is 0 Å². The Morgan fingerprint density at radius 1 is 0.886 bits per heavy atom. The zero-order chi connectivity index (χ0) is 31.2. The van der Waals surface area contributed by atoms with Crippen molar-refractivity contribution < 1.29 is 23.8 Å². The number of hydrogen-bond acceptors (Lipinski definition) is 7. The summed E-state index contributed by atoms with van der Waals surface area (Å²) in [5.74, 6) is 0.648. The van der Waals surface area contributed by atoms with Crippen molar-refractivity contribution in [2.45, 2.75) is 47.1 Å². The summed E-state index contributed by atoms with van der Waals surface area (Å²) < 4.78 is 17.1. The zero-order valence-corrected chi connectivity index (χ0v) is 26.4. The number of para-hydroxylation sites is 1. The van der Waals surface area contributed by atoms with Crippen LogP contribution in [0.15, 0.2) is 78.9 Å². The summed E-state index contributed by atoms with van der Waals surface area (Å²) in [6.45, 7) is 10.7. The highest BCUT2D eigenvalue weighted by atomic mass is 32.1. The Bertz CT molecular complexity index is 1790. The van der Waals surface area contributed by atoms with E-state index >= 15 is 0 Å². The summed E-state index contributed by atoms with van der Waals surface area (Å²) in [5, 5.41) is 4.19. The van der Waals surface area contributed by atoms with Crippen LogP contribution in [0.5, 0.6) is 11.5 Å². The van der Waals surface area contributed by atoms with Crippen LogP contribution >= 0.6 is 11.3 Å². The monoisotopic (exact) mass is 608 g/mol. The minimum atomic E-state index is -0.493. The molecule has 0 aliphatic carbocycles. The summed E-state index contributed by atoms with van der Waals surface area (Å²) in [7, 11) is 0. The summed E-state index contributed by atoms with van der Waals surface area (Å²) in [6.07, 6.45) is 0.570. The number of carbonyl (C=O) groups excluding carboxylic acids is 2. The molecule has 2 aromatic heterocycles. The quantitative estimate of drug-likeness (QED) is 0.151. The lowest BCUT2D eigenvalue weighted by Crippen LogP contribution is -2.17. The van der Waals surface area contributed by atoms with Crippen LogP contribution in [-0.2, 0) is 4.74 Å². The number of carbonyl (C=O) groups is 2. The fourth-order valence-corrected chi connectivity index (χ4v) is 6.04. The second-order valence-corrected chi connectivity index (χ2v) is 11.8. The maximum Gasteiger partial charge on any atom is 0.342 e. The number of nitrogens with one attached hydrogen (secondary N) is 1. The van der Waals surface area contributed by atoms with E-state index < -0.39 is 5.97 Å². The van der Waals surface area contributed by atoms with E-state index in [1.807, 2.05) is 86.6 Å². The van der Waals surface area contributed by atoms with Gasteiger partial charge >= 0.3 is 5.97 Å². The van der Waals surface area contributed by atoms with Crippen LogP contribution in [0.1, 0.15) is 59.7 Å². The Balaban J connectivity index is 1.57. The number of aromatic nitrogens is 1. The number of benzene rings is 3. The Morgan fingerprint density at radius 3 is 2.39 bits per heavy atom. The number of nitrogens with zero attached hydrogens (tertiary/aromatic N) is 1. The molecule has 1 amide bonds. The molecule has 7 nitrogen and oxygen atoms in total. The molecule has 8 heteroatoms. The Labute approximate surface area is 261 Å². The van der Waals surface area contributed by atoms with Gasteiger partial charge in [-0.25, -0.2) is 9.78 Å². The lowest BCUT2D eigenvalue weighted by atomic mass is 10.0. The first-order valence-corrected chi connectivity index (χ1v) is 15.6. The second-order valence-electron chi connectivity index (χ2n) is 10.6. The number of rotatable bonds is 11. The number of fused-ring (bicyclic) bond motifs is 1. The van der Waals surface area contributed by atoms with Gasteiger partial charge in [-0.3, -0.25) is 4.79 Å². The highest BCUT2D eigenvalue weighted by Crippen LogP contribution is 2.41. The number of ether oxygens (including phenoxy) is 3. The SMILES string of the molecule is CCCOc1cccc(-c2cc(C(=O)Nc3sc(C)c(-c4ccc(OCC)cc4)c3C(=O)OC(C)C)c3ccccc3n2)c1. The van der Waals surface area contributed by atoms with Crippen LogP contribution in [0.3, 0.4) is 0 Å². The number of thiophene rings is 1. The van der Waals surface area contributed by atoms with E-state index in [0.29, 0.717) is 45.9 Å². The van der Waals surface area contributed by atoms with E-state index in [0.717, 1.165) is 39.5 Å². The minimum Gasteiger partial charge on any atom is -0.494 e. The molecule has 0 unspecified atom stereocenters. The summed E-state index contributed by atoms with van der Waals surface area (Å²) in [4.78, 5) is 33.3. The molecule has 1 N–H and O–H groups in total. The van der Waals surface area contributed by atoms with Gasteiger partial charge < -0.3 is 19.5 Å². The fraction of sp³-hybridized carbons (Fsp3) is 0.250. The normalized spacial score (nSPS) is 11.0. The van der Waals surface area contributed by atoms with Crippen LogP contribution in [0.4, 0.5) is 5.00 Å². The molecule has 3 aromatic carbocycles. The van der Waals surface area contributed by atoms with Crippen molar-refractivity contribution in [2.24, 2.45) is 0 Å². The summed E-state index contributed by atoms with van der Waals surface area (Å²) in [6, 6.07) is 24.6. The fourth-order valence-electron chi connectivity index (χ4n) is 4.98. The van der Waals surface area contributed by atoms with Crippen molar-refractivity contribution in [3.8, 4) is 33.9 Å². The maximum absolute atomic E-state index is 14.1. The lowest BCUT2D eigenvalue weighted by Gasteiger charge is -2.14. The first-order valence-electron chi connectivity index (χ1n) is 14.8. The van der Waals surface area contributed by atoms with Crippen LogP contribution in [0, 0.1) is 6.92 Å².